The number of carbonyl (C=O) groups is 2. The number of halogens is 1. The Morgan fingerprint density at radius 2 is 1.95 bits per heavy atom. The Hall–Kier alpha value is -2.73. The first-order chi connectivity index (χ1) is 10.1. The Kier molecular flexibility index (Phi) is 4.63. The molecule has 1 heterocycles. The number of aromatic nitrogens is 2. The van der Waals surface area contributed by atoms with Crippen LogP contribution < -0.4 is 5.32 Å². The molecule has 1 aromatic heterocycles. The molecule has 1 aromatic carbocycles. The van der Waals surface area contributed by atoms with Crippen LogP contribution in [0.1, 0.15) is 15.9 Å². The molecule has 0 fully saturated rings. The van der Waals surface area contributed by atoms with Crippen molar-refractivity contribution in [3.63, 3.8) is 0 Å². The maximum Gasteiger partial charge on any atom is 0.328 e. The first-order valence-corrected chi connectivity index (χ1v) is 6.23. The summed E-state index contributed by atoms with van der Waals surface area (Å²) in [5.41, 5.74) is 0.825. The highest BCUT2D eigenvalue weighted by atomic mass is 35.5. The van der Waals surface area contributed by atoms with Crippen LogP contribution >= 0.6 is 11.6 Å². The van der Waals surface area contributed by atoms with Gasteiger partial charge in [-0.2, -0.15) is 0 Å². The van der Waals surface area contributed by atoms with Gasteiger partial charge >= 0.3 is 5.97 Å². The molecule has 7 heteroatoms. The van der Waals surface area contributed by atoms with E-state index < -0.39 is 11.9 Å². The van der Waals surface area contributed by atoms with Gasteiger partial charge in [0.1, 0.15) is 0 Å². The predicted molar refractivity (Wildman–Crippen MR) is 78.1 cm³/mol. The molecule has 0 aliphatic rings. The molecule has 6 nitrogen and oxygen atoms in total. The number of hydrogen-bond acceptors (Lipinski definition) is 4. The van der Waals surface area contributed by atoms with Crippen LogP contribution in [0.25, 0.3) is 6.08 Å². The molecule has 21 heavy (non-hydrogen) atoms. The number of hydrogen-bond donors (Lipinski definition) is 2. The molecule has 2 rings (SSSR count). The van der Waals surface area contributed by atoms with Gasteiger partial charge in [0, 0.05) is 29.1 Å². The number of rotatable bonds is 4. The van der Waals surface area contributed by atoms with Crippen LogP contribution in [0.4, 0.5) is 5.95 Å². The number of amides is 1. The summed E-state index contributed by atoms with van der Waals surface area (Å²) in [5, 5.41) is 11.4. The highest BCUT2D eigenvalue weighted by Gasteiger charge is 2.09. The molecular formula is C14H10ClN3O3. The van der Waals surface area contributed by atoms with Gasteiger partial charge in [0.2, 0.25) is 5.95 Å². The average molecular weight is 304 g/mol. The van der Waals surface area contributed by atoms with Crippen LogP contribution in [0.5, 0.6) is 0 Å². The third-order valence-electron chi connectivity index (χ3n) is 2.46. The van der Waals surface area contributed by atoms with Gasteiger partial charge in [-0.3, -0.25) is 10.1 Å². The minimum Gasteiger partial charge on any atom is -0.478 e. The largest absolute Gasteiger partial charge is 0.478 e. The summed E-state index contributed by atoms with van der Waals surface area (Å²) in [5.74, 6) is -1.29. The lowest BCUT2D eigenvalue weighted by Gasteiger charge is -2.05. The second-order valence-electron chi connectivity index (χ2n) is 3.93. The molecule has 2 aromatic rings. The molecule has 0 unspecified atom stereocenters. The van der Waals surface area contributed by atoms with Crippen molar-refractivity contribution in [2.75, 3.05) is 5.32 Å². The Bertz CT molecular complexity index is 702. The molecule has 2 N–H and O–H groups in total. The Balaban J connectivity index is 2.16. The molecule has 0 saturated heterocycles. The number of nitrogens with zero attached hydrogens (tertiary/aromatic N) is 2. The van der Waals surface area contributed by atoms with Crippen LogP contribution in [-0.2, 0) is 4.79 Å². The SMILES string of the molecule is O=C(O)/C=C/c1ccc(C(=O)Nc2ncccn2)cc1Cl. The smallest absolute Gasteiger partial charge is 0.328 e. The summed E-state index contributed by atoms with van der Waals surface area (Å²) >= 11 is 6.00. The number of nitrogens with one attached hydrogen (secondary N) is 1. The summed E-state index contributed by atoms with van der Waals surface area (Å²) < 4.78 is 0. The molecule has 0 aliphatic carbocycles. The number of carboxylic acid groups (broad SMARTS) is 1. The van der Waals surface area contributed by atoms with E-state index in [4.69, 9.17) is 16.7 Å². The van der Waals surface area contributed by atoms with Gasteiger partial charge < -0.3 is 5.11 Å². The van der Waals surface area contributed by atoms with Crippen LogP contribution in [0.3, 0.4) is 0 Å². The Morgan fingerprint density at radius 3 is 2.57 bits per heavy atom. The van der Waals surface area contributed by atoms with E-state index >= 15 is 0 Å². The fourth-order valence-electron chi connectivity index (χ4n) is 1.50. The van der Waals surface area contributed by atoms with Crippen molar-refractivity contribution in [2.45, 2.75) is 0 Å². The second kappa shape index (κ2) is 6.62. The van der Waals surface area contributed by atoms with E-state index in [1.54, 1.807) is 12.1 Å². The van der Waals surface area contributed by atoms with Gasteiger partial charge in [-0.1, -0.05) is 17.7 Å². The first-order valence-electron chi connectivity index (χ1n) is 5.85. The molecule has 106 valence electrons. The lowest BCUT2D eigenvalue weighted by atomic mass is 10.1. The van der Waals surface area contributed by atoms with Crippen molar-refractivity contribution in [3.05, 3.63) is 58.9 Å². The van der Waals surface area contributed by atoms with Crippen LogP contribution in [0.2, 0.25) is 5.02 Å². The Labute approximate surface area is 125 Å². The average Bonchev–Trinajstić information content (AvgIpc) is 2.46. The molecule has 1 amide bonds. The number of carboxylic acids is 1. The van der Waals surface area contributed by atoms with Gasteiger partial charge in [0.15, 0.2) is 0 Å². The van der Waals surface area contributed by atoms with Crippen molar-refractivity contribution >= 4 is 35.5 Å². The zero-order valence-corrected chi connectivity index (χ0v) is 11.4. The quantitative estimate of drug-likeness (QED) is 0.847. The van der Waals surface area contributed by atoms with E-state index in [0.717, 1.165) is 6.08 Å². The van der Waals surface area contributed by atoms with Crippen LogP contribution in [0, 0.1) is 0 Å². The van der Waals surface area contributed by atoms with Crippen LogP contribution in [0.15, 0.2) is 42.7 Å². The van der Waals surface area contributed by atoms with Crippen molar-refractivity contribution in [3.8, 4) is 0 Å². The van der Waals surface area contributed by atoms with E-state index in [0.29, 0.717) is 11.1 Å². The van der Waals surface area contributed by atoms with Crippen molar-refractivity contribution in [1.29, 1.82) is 0 Å². The summed E-state index contributed by atoms with van der Waals surface area (Å²) in [6, 6.07) is 6.17. The number of benzene rings is 1. The fraction of sp³-hybridized carbons (Fsp3) is 0. The maximum atomic E-state index is 12.0. The third-order valence-corrected chi connectivity index (χ3v) is 2.79. The normalized spacial score (nSPS) is 10.5. The highest BCUT2D eigenvalue weighted by molar-refractivity contribution is 6.32. The first kappa shape index (κ1) is 14.7. The lowest BCUT2D eigenvalue weighted by molar-refractivity contribution is -0.131. The summed E-state index contributed by atoms with van der Waals surface area (Å²) in [6.45, 7) is 0. The van der Waals surface area contributed by atoms with E-state index in [2.05, 4.69) is 15.3 Å². The van der Waals surface area contributed by atoms with Gasteiger partial charge in [0.25, 0.3) is 5.91 Å². The molecule has 0 atom stereocenters. The van der Waals surface area contributed by atoms with Gasteiger partial charge in [-0.15, -0.1) is 0 Å². The minimum absolute atomic E-state index is 0.188. The summed E-state index contributed by atoms with van der Waals surface area (Å²) in [4.78, 5) is 30.2. The topological polar surface area (TPSA) is 92.2 Å². The number of aliphatic carboxylic acids is 1. The standard InChI is InChI=1S/C14H10ClN3O3/c15-11-8-10(3-2-9(11)4-5-12(19)20)13(21)18-14-16-6-1-7-17-14/h1-8H,(H,19,20)(H,16,17,18,21)/b5-4+. The van der Waals surface area contributed by atoms with Gasteiger partial charge in [0.05, 0.1) is 0 Å². The minimum atomic E-state index is -1.07. The summed E-state index contributed by atoms with van der Waals surface area (Å²) in [7, 11) is 0. The van der Waals surface area contributed by atoms with Crippen molar-refractivity contribution in [1.82, 2.24) is 9.97 Å². The number of carbonyl (C=O) groups excluding carboxylic acids is 1. The maximum absolute atomic E-state index is 12.0. The summed E-state index contributed by atoms with van der Waals surface area (Å²) in [6.07, 6.45) is 5.34. The number of anilines is 1. The van der Waals surface area contributed by atoms with Gasteiger partial charge in [-0.05, 0) is 29.8 Å². The molecule has 0 bridgehead atoms. The Morgan fingerprint density at radius 1 is 1.24 bits per heavy atom. The molecular weight excluding hydrogens is 294 g/mol. The zero-order chi connectivity index (χ0) is 15.2. The van der Waals surface area contributed by atoms with Crippen molar-refractivity contribution < 1.29 is 14.7 Å². The molecule has 0 spiro atoms. The fourth-order valence-corrected chi connectivity index (χ4v) is 1.75. The monoisotopic (exact) mass is 303 g/mol. The lowest BCUT2D eigenvalue weighted by Crippen LogP contribution is -2.13. The third kappa shape index (κ3) is 4.12. The van der Waals surface area contributed by atoms with Gasteiger partial charge in [-0.25, -0.2) is 14.8 Å². The molecule has 0 saturated carbocycles. The second-order valence-corrected chi connectivity index (χ2v) is 4.34. The van der Waals surface area contributed by atoms with E-state index in [1.165, 1.54) is 30.6 Å². The van der Waals surface area contributed by atoms with Crippen molar-refractivity contribution in [2.24, 2.45) is 0 Å². The predicted octanol–water partition coefficient (Wildman–Crippen LogP) is 2.48. The van der Waals surface area contributed by atoms with Crippen LogP contribution in [-0.4, -0.2) is 27.0 Å². The molecule has 0 aliphatic heterocycles. The highest BCUT2D eigenvalue weighted by Crippen LogP contribution is 2.19. The van der Waals surface area contributed by atoms with E-state index in [9.17, 15) is 9.59 Å². The zero-order valence-electron chi connectivity index (χ0n) is 10.7. The van der Waals surface area contributed by atoms with E-state index in [-0.39, 0.29) is 11.0 Å². The van der Waals surface area contributed by atoms with E-state index in [1.807, 2.05) is 0 Å². The molecule has 0 radical (unpaired) electrons.